The van der Waals surface area contributed by atoms with Crippen molar-refractivity contribution >= 4 is 11.6 Å². The smallest absolute Gasteiger partial charge is 0.202 e. The summed E-state index contributed by atoms with van der Waals surface area (Å²) in [6, 6.07) is 8.33. The van der Waals surface area contributed by atoms with Crippen LogP contribution in [-0.2, 0) is 16.0 Å². The molecule has 0 bridgehead atoms. The summed E-state index contributed by atoms with van der Waals surface area (Å²) in [5.41, 5.74) is 2.34. The molecule has 0 aromatic heterocycles. The van der Waals surface area contributed by atoms with Crippen LogP contribution in [0, 0.1) is 5.92 Å². The molecule has 0 radical (unpaired) electrons. The van der Waals surface area contributed by atoms with E-state index >= 15 is 0 Å². The average molecular weight is 300 g/mol. The lowest BCUT2D eigenvalue weighted by Gasteiger charge is -2.29. The van der Waals surface area contributed by atoms with Crippen molar-refractivity contribution in [2.45, 2.75) is 71.1 Å². The van der Waals surface area contributed by atoms with Gasteiger partial charge in [-0.05, 0) is 48.6 Å². The summed E-state index contributed by atoms with van der Waals surface area (Å²) < 4.78 is 0. The molecule has 0 aliphatic heterocycles. The van der Waals surface area contributed by atoms with Gasteiger partial charge < -0.3 is 0 Å². The predicted molar refractivity (Wildman–Crippen MR) is 90.1 cm³/mol. The lowest BCUT2D eigenvalue weighted by molar-refractivity contribution is -0.134. The normalized spacial score (nSPS) is 21.5. The molecule has 120 valence electrons. The van der Waals surface area contributed by atoms with Crippen LogP contribution in [0.4, 0.5) is 0 Å². The lowest BCUT2D eigenvalue weighted by Crippen LogP contribution is -2.14. The van der Waals surface area contributed by atoms with E-state index in [1.165, 1.54) is 57.4 Å². The van der Waals surface area contributed by atoms with Crippen molar-refractivity contribution in [2.75, 3.05) is 0 Å². The summed E-state index contributed by atoms with van der Waals surface area (Å²) >= 11 is 0. The Kier molecular flexibility index (Phi) is 6.35. The van der Waals surface area contributed by atoms with Crippen molar-refractivity contribution in [2.24, 2.45) is 5.92 Å². The monoisotopic (exact) mass is 300 g/mol. The van der Waals surface area contributed by atoms with Crippen LogP contribution in [0.25, 0.3) is 0 Å². The molecule has 1 saturated carbocycles. The first-order valence-corrected chi connectivity index (χ1v) is 8.72. The van der Waals surface area contributed by atoms with Gasteiger partial charge in [0.05, 0.1) is 0 Å². The maximum atomic E-state index is 11.5. The van der Waals surface area contributed by atoms with Crippen LogP contribution in [0.3, 0.4) is 0 Å². The second kappa shape index (κ2) is 8.26. The second-order valence-electron chi connectivity index (χ2n) is 6.76. The highest BCUT2D eigenvalue weighted by Crippen LogP contribution is 2.37. The average Bonchev–Trinajstić information content (AvgIpc) is 2.54. The Balaban J connectivity index is 1.86. The molecule has 0 saturated heterocycles. The SMILES string of the molecule is CCCCC1CCC(c2ccc(CC(=O)C(C)=O)cc2)CC1. The summed E-state index contributed by atoms with van der Waals surface area (Å²) in [6.45, 7) is 3.61. The molecule has 0 atom stereocenters. The minimum absolute atomic E-state index is 0.235. The quantitative estimate of drug-likeness (QED) is 0.674. The van der Waals surface area contributed by atoms with Crippen LogP contribution in [0.1, 0.15) is 75.8 Å². The third-order valence-corrected chi connectivity index (χ3v) is 5.02. The Morgan fingerprint density at radius 3 is 2.23 bits per heavy atom. The minimum Gasteiger partial charge on any atom is -0.291 e. The third-order valence-electron chi connectivity index (χ3n) is 5.02. The summed E-state index contributed by atoms with van der Waals surface area (Å²) in [5.74, 6) is 0.956. The van der Waals surface area contributed by atoms with Gasteiger partial charge in [0.2, 0.25) is 5.78 Å². The van der Waals surface area contributed by atoms with Crippen molar-refractivity contribution in [1.82, 2.24) is 0 Å². The number of hydrogen-bond donors (Lipinski definition) is 0. The van der Waals surface area contributed by atoms with Crippen LogP contribution >= 0.6 is 0 Å². The summed E-state index contributed by atoms with van der Waals surface area (Å²) in [6.07, 6.45) is 9.61. The number of unbranched alkanes of at least 4 members (excludes halogenated alkanes) is 1. The molecule has 0 spiro atoms. The van der Waals surface area contributed by atoms with E-state index in [0.29, 0.717) is 5.92 Å². The molecule has 0 heterocycles. The van der Waals surface area contributed by atoms with Gasteiger partial charge in [-0.3, -0.25) is 9.59 Å². The molecule has 2 heteroatoms. The van der Waals surface area contributed by atoms with Crippen molar-refractivity contribution in [1.29, 1.82) is 0 Å². The Labute approximate surface area is 134 Å². The topological polar surface area (TPSA) is 34.1 Å². The number of ketones is 2. The van der Waals surface area contributed by atoms with E-state index in [1.54, 1.807) is 0 Å². The highest BCUT2D eigenvalue weighted by atomic mass is 16.2. The van der Waals surface area contributed by atoms with Gasteiger partial charge in [0.15, 0.2) is 5.78 Å². The first-order chi connectivity index (χ1) is 10.6. The summed E-state index contributed by atoms with van der Waals surface area (Å²) in [5, 5.41) is 0. The third kappa shape index (κ3) is 4.79. The molecular formula is C20H28O2. The first-order valence-electron chi connectivity index (χ1n) is 8.72. The standard InChI is InChI=1S/C20H28O2/c1-3-4-5-16-6-10-18(11-7-16)19-12-8-17(9-13-19)14-20(22)15(2)21/h8-9,12-13,16,18H,3-7,10-11,14H2,1-2H3. The van der Waals surface area contributed by atoms with E-state index in [0.717, 1.165) is 11.5 Å². The fraction of sp³-hybridized carbons (Fsp3) is 0.600. The number of Topliss-reactive ketones (excluding diaryl/α,β-unsaturated/α-hetero) is 2. The number of rotatable bonds is 7. The van der Waals surface area contributed by atoms with Crippen LogP contribution in [-0.4, -0.2) is 11.6 Å². The fourth-order valence-electron chi connectivity index (χ4n) is 3.49. The number of carbonyl (C=O) groups excluding carboxylic acids is 2. The predicted octanol–water partition coefficient (Wildman–Crippen LogP) is 4.85. The second-order valence-corrected chi connectivity index (χ2v) is 6.76. The summed E-state index contributed by atoms with van der Waals surface area (Å²) in [7, 11) is 0. The number of benzene rings is 1. The van der Waals surface area contributed by atoms with E-state index < -0.39 is 0 Å². The number of hydrogen-bond acceptors (Lipinski definition) is 2. The molecule has 1 fully saturated rings. The molecule has 2 nitrogen and oxygen atoms in total. The van der Waals surface area contributed by atoms with Crippen LogP contribution in [0.15, 0.2) is 24.3 Å². The van der Waals surface area contributed by atoms with Crippen molar-refractivity contribution in [3.63, 3.8) is 0 Å². The van der Waals surface area contributed by atoms with Crippen molar-refractivity contribution in [3.05, 3.63) is 35.4 Å². The van der Waals surface area contributed by atoms with Gasteiger partial charge in [-0.1, -0.05) is 50.5 Å². The van der Waals surface area contributed by atoms with Crippen LogP contribution in [0.5, 0.6) is 0 Å². The van der Waals surface area contributed by atoms with Crippen molar-refractivity contribution < 1.29 is 9.59 Å². The van der Waals surface area contributed by atoms with Gasteiger partial charge in [-0.15, -0.1) is 0 Å². The van der Waals surface area contributed by atoms with E-state index in [2.05, 4.69) is 19.1 Å². The summed E-state index contributed by atoms with van der Waals surface area (Å²) in [4.78, 5) is 22.5. The van der Waals surface area contributed by atoms with E-state index in [4.69, 9.17) is 0 Å². The van der Waals surface area contributed by atoms with Gasteiger partial charge in [-0.2, -0.15) is 0 Å². The van der Waals surface area contributed by atoms with E-state index in [1.807, 2.05) is 12.1 Å². The maximum absolute atomic E-state index is 11.5. The van der Waals surface area contributed by atoms with Gasteiger partial charge in [0.25, 0.3) is 0 Å². The van der Waals surface area contributed by atoms with E-state index in [9.17, 15) is 9.59 Å². The Bertz CT molecular complexity index is 493. The maximum Gasteiger partial charge on any atom is 0.202 e. The van der Waals surface area contributed by atoms with Crippen molar-refractivity contribution in [3.8, 4) is 0 Å². The van der Waals surface area contributed by atoms with Crippen LogP contribution in [0.2, 0.25) is 0 Å². The molecule has 1 aromatic rings. The molecule has 1 aromatic carbocycles. The van der Waals surface area contributed by atoms with Crippen LogP contribution < -0.4 is 0 Å². The molecule has 2 rings (SSSR count). The largest absolute Gasteiger partial charge is 0.291 e. The highest BCUT2D eigenvalue weighted by Gasteiger charge is 2.22. The molecule has 0 N–H and O–H groups in total. The van der Waals surface area contributed by atoms with Gasteiger partial charge in [0.1, 0.15) is 0 Å². The molecule has 0 unspecified atom stereocenters. The zero-order chi connectivity index (χ0) is 15.9. The minimum atomic E-state index is -0.352. The molecule has 1 aliphatic rings. The fourth-order valence-corrected chi connectivity index (χ4v) is 3.49. The number of carbonyl (C=O) groups is 2. The Morgan fingerprint density at radius 1 is 1.05 bits per heavy atom. The van der Waals surface area contributed by atoms with E-state index in [-0.39, 0.29) is 18.0 Å². The highest BCUT2D eigenvalue weighted by molar-refractivity contribution is 6.36. The Morgan fingerprint density at radius 2 is 1.68 bits per heavy atom. The first kappa shape index (κ1) is 16.9. The zero-order valence-electron chi connectivity index (χ0n) is 13.9. The Hall–Kier alpha value is -1.44. The zero-order valence-corrected chi connectivity index (χ0v) is 13.9. The molecule has 22 heavy (non-hydrogen) atoms. The van der Waals surface area contributed by atoms with Gasteiger partial charge >= 0.3 is 0 Å². The van der Waals surface area contributed by atoms with Gasteiger partial charge in [-0.25, -0.2) is 0 Å². The molecular weight excluding hydrogens is 272 g/mol. The van der Waals surface area contributed by atoms with Gasteiger partial charge in [0, 0.05) is 13.3 Å². The lowest BCUT2D eigenvalue weighted by atomic mass is 9.77. The molecule has 1 aliphatic carbocycles. The molecule has 0 amide bonds.